The lowest BCUT2D eigenvalue weighted by Crippen LogP contribution is -2.15. The summed E-state index contributed by atoms with van der Waals surface area (Å²) in [5.74, 6) is 1.06. The molecule has 1 heterocycles. The summed E-state index contributed by atoms with van der Waals surface area (Å²) in [6.07, 6.45) is 0.718. The number of aromatic nitrogens is 3. The summed E-state index contributed by atoms with van der Waals surface area (Å²) in [7, 11) is 0. The Morgan fingerprint density at radius 2 is 1.93 bits per heavy atom. The molecule has 7 heteroatoms. The zero-order chi connectivity index (χ0) is 19.2. The number of nitrogens with zero attached hydrogens (tertiary/aromatic N) is 3. The van der Waals surface area contributed by atoms with Gasteiger partial charge in [0.2, 0.25) is 5.91 Å². The van der Waals surface area contributed by atoms with Gasteiger partial charge in [-0.05, 0) is 37.1 Å². The lowest BCUT2D eigenvalue weighted by atomic mass is 10.1. The predicted octanol–water partition coefficient (Wildman–Crippen LogP) is 4.58. The van der Waals surface area contributed by atoms with Gasteiger partial charge in [0.15, 0.2) is 5.16 Å². The maximum atomic E-state index is 12.3. The molecule has 0 aliphatic rings. The third kappa shape index (κ3) is 4.90. The van der Waals surface area contributed by atoms with E-state index in [1.165, 1.54) is 17.3 Å². The molecule has 3 aromatic rings. The van der Waals surface area contributed by atoms with Crippen LogP contribution in [0.5, 0.6) is 0 Å². The van der Waals surface area contributed by atoms with Gasteiger partial charge in [-0.2, -0.15) is 0 Å². The minimum absolute atomic E-state index is 0.0966. The first-order chi connectivity index (χ1) is 13.1. The summed E-state index contributed by atoms with van der Waals surface area (Å²) in [6.45, 7) is 4.69. The van der Waals surface area contributed by atoms with Gasteiger partial charge in [0.25, 0.3) is 0 Å². The normalized spacial score (nSPS) is 10.8. The van der Waals surface area contributed by atoms with E-state index in [1.54, 1.807) is 6.07 Å². The molecule has 0 bridgehead atoms. The number of carbonyl (C=O) groups excluding carboxylic acids is 1. The Morgan fingerprint density at radius 3 is 2.67 bits per heavy atom. The number of hydrogen-bond acceptors (Lipinski definition) is 4. The molecule has 3 rings (SSSR count). The molecule has 5 nitrogen and oxygen atoms in total. The number of hydrogen-bond donors (Lipinski definition) is 1. The van der Waals surface area contributed by atoms with Crippen LogP contribution in [0.25, 0.3) is 0 Å². The number of benzene rings is 2. The smallest absolute Gasteiger partial charge is 0.234 e. The van der Waals surface area contributed by atoms with Crippen molar-refractivity contribution < 1.29 is 4.79 Å². The molecule has 0 spiro atoms. The molecule has 0 unspecified atom stereocenters. The predicted molar refractivity (Wildman–Crippen MR) is 110 cm³/mol. The monoisotopic (exact) mass is 400 g/mol. The number of thioether (sulfide) groups is 1. The van der Waals surface area contributed by atoms with Gasteiger partial charge in [0.1, 0.15) is 5.82 Å². The van der Waals surface area contributed by atoms with Crippen LogP contribution in [0.2, 0.25) is 5.02 Å². The Kier molecular flexibility index (Phi) is 6.53. The standard InChI is InChI=1S/C20H21ClN4OS/c1-3-25-18(12-15-8-5-4-6-9-15)23-24-20(25)27-13-19(26)22-17-11-7-10-16(21)14(17)2/h4-11H,3,12-13H2,1-2H3,(H,22,26). The first-order valence-electron chi connectivity index (χ1n) is 8.72. The summed E-state index contributed by atoms with van der Waals surface area (Å²) in [4.78, 5) is 12.3. The highest BCUT2D eigenvalue weighted by atomic mass is 35.5. The Labute approximate surface area is 168 Å². The van der Waals surface area contributed by atoms with Gasteiger partial charge >= 0.3 is 0 Å². The van der Waals surface area contributed by atoms with Crippen molar-refractivity contribution in [3.05, 3.63) is 70.5 Å². The lowest BCUT2D eigenvalue weighted by Gasteiger charge is -2.10. The molecule has 0 radical (unpaired) electrons. The lowest BCUT2D eigenvalue weighted by molar-refractivity contribution is -0.113. The molecule has 0 saturated heterocycles. The molecule has 2 aromatic carbocycles. The van der Waals surface area contributed by atoms with E-state index in [2.05, 4.69) is 39.1 Å². The molecule has 0 saturated carbocycles. The maximum Gasteiger partial charge on any atom is 0.234 e. The second-order valence-corrected chi connectivity index (χ2v) is 7.40. The molecule has 0 atom stereocenters. The van der Waals surface area contributed by atoms with E-state index < -0.39 is 0 Å². The van der Waals surface area contributed by atoms with Crippen molar-refractivity contribution in [3.63, 3.8) is 0 Å². The third-order valence-corrected chi connectivity index (χ3v) is 5.57. The summed E-state index contributed by atoms with van der Waals surface area (Å²) in [6, 6.07) is 15.6. The fourth-order valence-electron chi connectivity index (χ4n) is 2.71. The van der Waals surface area contributed by atoms with E-state index in [0.717, 1.165) is 35.2 Å². The molecule has 0 aliphatic heterocycles. The number of nitrogens with one attached hydrogen (secondary N) is 1. The largest absolute Gasteiger partial charge is 0.325 e. The Balaban J connectivity index is 1.64. The summed E-state index contributed by atoms with van der Waals surface area (Å²) >= 11 is 7.49. The molecule has 27 heavy (non-hydrogen) atoms. The molecule has 0 aliphatic carbocycles. The van der Waals surface area contributed by atoms with Crippen molar-refractivity contribution >= 4 is 35.0 Å². The second kappa shape index (κ2) is 9.06. The van der Waals surface area contributed by atoms with E-state index in [0.29, 0.717) is 5.02 Å². The first-order valence-corrected chi connectivity index (χ1v) is 10.1. The SMILES string of the molecule is CCn1c(Cc2ccccc2)nnc1SCC(=O)Nc1cccc(Cl)c1C. The molecular formula is C20H21ClN4OS. The van der Waals surface area contributed by atoms with Crippen molar-refractivity contribution in [2.24, 2.45) is 0 Å². The van der Waals surface area contributed by atoms with Gasteiger partial charge in [-0.15, -0.1) is 10.2 Å². The zero-order valence-corrected chi connectivity index (χ0v) is 16.8. The average Bonchev–Trinajstić information content (AvgIpc) is 3.06. The van der Waals surface area contributed by atoms with Gasteiger partial charge in [-0.3, -0.25) is 4.79 Å². The molecule has 1 aromatic heterocycles. The minimum Gasteiger partial charge on any atom is -0.325 e. The quantitative estimate of drug-likeness (QED) is 0.589. The van der Waals surface area contributed by atoms with Crippen LogP contribution >= 0.6 is 23.4 Å². The van der Waals surface area contributed by atoms with E-state index >= 15 is 0 Å². The highest BCUT2D eigenvalue weighted by molar-refractivity contribution is 7.99. The molecular weight excluding hydrogens is 380 g/mol. The van der Waals surface area contributed by atoms with Crippen molar-refractivity contribution in [1.29, 1.82) is 0 Å². The van der Waals surface area contributed by atoms with E-state index in [1.807, 2.05) is 37.3 Å². The van der Waals surface area contributed by atoms with Crippen LogP contribution in [-0.4, -0.2) is 26.4 Å². The summed E-state index contributed by atoms with van der Waals surface area (Å²) < 4.78 is 2.05. The van der Waals surface area contributed by atoms with Crippen LogP contribution in [0.4, 0.5) is 5.69 Å². The molecule has 1 N–H and O–H groups in total. The Hall–Kier alpha value is -2.31. The molecule has 1 amide bonds. The fourth-order valence-corrected chi connectivity index (χ4v) is 3.71. The number of amides is 1. The van der Waals surface area contributed by atoms with Gasteiger partial charge in [-0.1, -0.05) is 59.8 Å². The van der Waals surface area contributed by atoms with Crippen LogP contribution in [0, 0.1) is 6.92 Å². The van der Waals surface area contributed by atoms with E-state index in [9.17, 15) is 4.79 Å². The Morgan fingerprint density at radius 1 is 1.15 bits per heavy atom. The topological polar surface area (TPSA) is 59.8 Å². The van der Waals surface area contributed by atoms with Crippen molar-refractivity contribution in [1.82, 2.24) is 14.8 Å². The van der Waals surface area contributed by atoms with Crippen LogP contribution in [-0.2, 0) is 17.8 Å². The maximum absolute atomic E-state index is 12.3. The van der Waals surface area contributed by atoms with Gasteiger partial charge < -0.3 is 9.88 Å². The molecule has 140 valence electrons. The van der Waals surface area contributed by atoms with Crippen LogP contribution < -0.4 is 5.32 Å². The van der Waals surface area contributed by atoms with Crippen LogP contribution in [0.3, 0.4) is 0 Å². The number of anilines is 1. The third-order valence-electron chi connectivity index (χ3n) is 4.19. The minimum atomic E-state index is -0.0966. The van der Waals surface area contributed by atoms with E-state index in [4.69, 9.17) is 11.6 Å². The van der Waals surface area contributed by atoms with Crippen molar-refractivity contribution in [2.75, 3.05) is 11.1 Å². The highest BCUT2D eigenvalue weighted by Crippen LogP contribution is 2.24. The molecule has 0 fully saturated rings. The second-order valence-electron chi connectivity index (χ2n) is 6.05. The zero-order valence-electron chi connectivity index (χ0n) is 15.3. The first kappa shape index (κ1) is 19.5. The number of halogens is 1. The van der Waals surface area contributed by atoms with E-state index in [-0.39, 0.29) is 11.7 Å². The summed E-state index contributed by atoms with van der Waals surface area (Å²) in [5, 5.41) is 12.9. The average molecular weight is 401 g/mol. The van der Waals surface area contributed by atoms with Gasteiger partial charge in [0.05, 0.1) is 5.75 Å². The van der Waals surface area contributed by atoms with Gasteiger partial charge in [-0.25, -0.2) is 0 Å². The summed E-state index contributed by atoms with van der Waals surface area (Å²) in [5.41, 5.74) is 2.78. The van der Waals surface area contributed by atoms with Gasteiger partial charge in [0, 0.05) is 23.7 Å². The Bertz CT molecular complexity index is 927. The number of carbonyl (C=O) groups is 1. The van der Waals surface area contributed by atoms with Crippen LogP contribution in [0.15, 0.2) is 53.7 Å². The highest BCUT2D eigenvalue weighted by Gasteiger charge is 2.14. The van der Waals surface area contributed by atoms with Crippen molar-refractivity contribution in [2.45, 2.75) is 32.0 Å². The fraction of sp³-hybridized carbons (Fsp3) is 0.250. The van der Waals surface area contributed by atoms with Crippen molar-refractivity contribution in [3.8, 4) is 0 Å². The number of rotatable bonds is 7. The van der Waals surface area contributed by atoms with Crippen LogP contribution in [0.1, 0.15) is 23.9 Å².